The van der Waals surface area contributed by atoms with Gasteiger partial charge in [-0.1, -0.05) is 17.7 Å². The molecule has 1 atom stereocenters. The largest absolute Gasteiger partial charge is 0.374 e. The molecule has 1 aromatic heterocycles. The smallest absolute Gasteiger partial charge is 0.238 e. The number of carbonyl (C=O) groups is 1. The monoisotopic (exact) mass is 328 g/mol. The highest BCUT2D eigenvalue weighted by Crippen LogP contribution is 2.16. The fourth-order valence-electron chi connectivity index (χ4n) is 3.00. The lowest BCUT2D eigenvalue weighted by molar-refractivity contribution is -0.119. The Morgan fingerprint density at radius 2 is 2.29 bits per heavy atom. The van der Waals surface area contributed by atoms with Gasteiger partial charge in [0, 0.05) is 31.2 Å². The molecule has 2 heterocycles. The number of aryl methyl sites for hydroxylation is 2. The zero-order valence-corrected chi connectivity index (χ0v) is 14.2. The molecule has 6 heteroatoms. The Balaban J connectivity index is 1.52. The van der Waals surface area contributed by atoms with Gasteiger partial charge in [-0.3, -0.25) is 14.4 Å². The van der Waals surface area contributed by atoms with Crippen molar-refractivity contribution < 1.29 is 9.53 Å². The van der Waals surface area contributed by atoms with E-state index in [-0.39, 0.29) is 12.0 Å². The molecule has 24 heavy (non-hydrogen) atoms. The van der Waals surface area contributed by atoms with Crippen LogP contribution in [0.25, 0.3) is 0 Å². The molecular weight excluding hydrogens is 304 g/mol. The number of hydrogen-bond acceptors (Lipinski definition) is 4. The fourth-order valence-corrected chi connectivity index (χ4v) is 3.00. The van der Waals surface area contributed by atoms with Crippen molar-refractivity contribution in [2.45, 2.75) is 26.5 Å². The molecule has 0 radical (unpaired) electrons. The minimum atomic E-state index is 0.0155. The first-order valence-electron chi connectivity index (χ1n) is 8.28. The Labute approximate surface area is 142 Å². The molecule has 1 aromatic carbocycles. The van der Waals surface area contributed by atoms with E-state index in [0.29, 0.717) is 19.7 Å². The molecule has 0 aliphatic carbocycles. The summed E-state index contributed by atoms with van der Waals surface area (Å²) in [7, 11) is 0. The molecule has 128 valence electrons. The van der Waals surface area contributed by atoms with Crippen LogP contribution in [0.1, 0.15) is 11.1 Å². The molecule has 1 saturated heterocycles. The number of benzene rings is 1. The summed E-state index contributed by atoms with van der Waals surface area (Å²) in [5.74, 6) is 0.0155. The quantitative estimate of drug-likeness (QED) is 0.910. The molecule has 1 aliphatic rings. The van der Waals surface area contributed by atoms with Gasteiger partial charge in [0.25, 0.3) is 0 Å². The van der Waals surface area contributed by atoms with Crippen molar-refractivity contribution in [1.82, 2.24) is 14.7 Å². The highest BCUT2D eigenvalue weighted by Gasteiger charge is 2.22. The van der Waals surface area contributed by atoms with Gasteiger partial charge in [-0.25, -0.2) is 0 Å². The number of nitrogens with one attached hydrogen (secondary N) is 1. The summed E-state index contributed by atoms with van der Waals surface area (Å²) in [6, 6.07) is 7.95. The molecule has 1 aliphatic heterocycles. The van der Waals surface area contributed by atoms with Crippen LogP contribution in [0.5, 0.6) is 0 Å². The van der Waals surface area contributed by atoms with E-state index in [4.69, 9.17) is 4.74 Å². The second-order valence-corrected chi connectivity index (χ2v) is 6.32. The number of aromatic nitrogens is 2. The molecule has 2 aromatic rings. The van der Waals surface area contributed by atoms with Crippen molar-refractivity contribution >= 4 is 11.6 Å². The first-order chi connectivity index (χ1) is 11.6. The highest BCUT2D eigenvalue weighted by atomic mass is 16.5. The lowest BCUT2D eigenvalue weighted by Gasteiger charge is -2.32. The molecule has 6 nitrogen and oxygen atoms in total. The predicted octanol–water partition coefficient (Wildman–Crippen LogP) is 1.84. The van der Waals surface area contributed by atoms with Crippen molar-refractivity contribution in [3.63, 3.8) is 0 Å². The number of amides is 1. The molecule has 1 N–H and O–H groups in total. The van der Waals surface area contributed by atoms with E-state index in [1.807, 2.05) is 42.9 Å². The summed E-state index contributed by atoms with van der Waals surface area (Å²) >= 11 is 0. The number of rotatable bonds is 5. The maximum atomic E-state index is 12.3. The molecule has 1 fully saturated rings. The van der Waals surface area contributed by atoms with Crippen LogP contribution >= 0.6 is 0 Å². The first-order valence-corrected chi connectivity index (χ1v) is 8.28. The van der Waals surface area contributed by atoms with Crippen LogP contribution in [-0.4, -0.2) is 52.9 Å². The molecule has 1 amide bonds. The van der Waals surface area contributed by atoms with Gasteiger partial charge >= 0.3 is 0 Å². The number of hydrogen-bond donors (Lipinski definition) is 1. The number of morpholine rings is 1. The summed E-state index contributed by atoms with van der Waals surface area (Å²) in [5, 5.41) is 7.21. The molecule has 0 spiro atoms. The number of carbonyl (C=O) groups excluding carboxylic acids is 1. The van der Waals surface area contributed by atoms with Crippen molar-refractivity contribution in [2.24, 2.45) is 0 Å². The van der Waals surface area contributed by atoms with Gasteiger partial charge in [0.15, 0.2) is 0 Å². The fraction of sp³-hybridized carbons (Fsp3) is 0.444. The normalized spacial score (nSPS) is 18.5. The summed E-state index contributed by atoms with van der Waals surface area (Å²) in [6.45, 7) is 7.30. The van der Waals surface area contributed by atoms with E-state index < -0.39 is 0 Å². The van der Waals surface area contributed by atoms with Gasteiger partial charge in [-0.15, -0.1) is 0 Å². The molecular formula is C18H24N4O2. The maximum absolute atomic E-state index is 12.3. The standard InChI is InChI=1S/C18H24N4O2/c1-14-4-5-17(15(2)10-14)20-18(23)13-21-8-9-24-16(11-21)12-22-7-3-6-19-22/h3-7,10,16H,8-9,11-13H2,1-2H3,(H,20,23)/t16-/m0/s1. The number of ether oxygens (including phenoxy) is 1. The zero-order chi connectivity index (χ0) is 16.9. The van der Waals surface area contributed by atoms with Gasteiger partial charge in [-0.05, 0) is 31.5 Å². The van der Waals surface area contributed by atoms with E-state index >= 15 is 0 Å². The Morgan fingerprint density at radius 1 is 1.42 bits per heavy atom. The van der Waals surface area contributed by atoms with Crippen molar-refractivity contribution in [3.8, 4) is 0 Å². The van der Waals surface area contributed by atoms with Crippen LogP contribution in [0.15, 0.2) is 36.7 Å². The minimum Gasteiger partial charge on any atom is -0.374 e. The van der Waals surface area contributed by atoms with Crippen LogP contribution in [0, 0.1) is 13.8 Å². The predicted molar refractivity (Wildman–Crippen MR) is 93.0 cm³/mol. The van der Waals surface area contributed by atoms with Gasteiger partial charge in [0.2, 0.25) is 5.91 Å². The third-order valence-corrected chi connectivity index (χ3v) is 4.20. The average molecular weight is 328 g/mol. The second kappa shape index (κ2) is 7.59. The second-order valence-electron chi connectivity index (χ2n) is 6.32. The molecule has 0 saturated carbocycles. The summed E-state index contributed by atoms with van der Waals surface area (Å²) in [6.07, 6.45) is 3.75. The van der Waals surface area contributed by atoms with Crippen LogP contribution in [0.2, 0.25) is 0 Å². The van der Waals surface area contributed by atoms with Crippen molar-refractivity contribution in [2.75, 3.05) is 31.6 Å². The SMILES string of the molecule is Cc1ccc(NC(=O)CN2CCO[C@H](Cn3cccn3)C2)c(C)c1. The average Bonchev–Trinajstić information content (AvgIpc) is 3.03. The minimum absolute atomic E-state index is 0.0155. The Hall–Kier alpha value is -2.18. The van der Waals surface area contributed by atoms with Crippen molar-refractivity contribution in [1.29, 1.82) is 0 Å². The Morgan fingerprint density at radius 3 is 3.04 bits per heavy atom. The van der Waals surface area contributed by atoms with Crippen LogP contribution in [-0.2, 0) is 16.1 Å². The van der Waals surface area contributed by atoms with Crippen molar-refractivity contribution in [3.05, 3.63) is 47.8 Å². The molecule has 0 unspecified atom stereocenters. The van der Waals surface area contributed by atoms with Gasteiger partial charge < -0.3 is 10.1 Å². The van der Waals surface area contributed by atoms with Crippen LogP contribution in [0.3, 0.4) is 0 Å². The number of anilines is 1. The van der Waals surface area contributed by atoms with E-state index in [1.54, 1.807) is 6.20 Å². The Kier molecular flexibility index (Phi) is 5.27. The van der Waals surface area contributed by atoms with Gasteiger partial charge in [0.1, 0.15) is 0 Å². The van der Waals surface area contributed by atoms with E-state index in [9.17, 15) is 4.79 Å². The summed E-state index contributed by atoms with van der Waals surface area (Å²) in [4.78, 5) is 14.5. The lowest BCUT2D eigenvalue weighted by atomic mass is 10.1. The van der Waals surface area contributed by atoms with Crippen LogP contribution in [0.4, 0.5) is 5.69 Å². The maximum Gasteiger partial charge on any atom is 0.238 e. The third kappa shape index (κ3) is 4.43. The van der Waals surface area contributed by atoms with Gasteiger partial charge in [-0.2, -0.15) is 5.10 Å². The zero-order valence-electron chi connectivity index (χ0n) is 14.2. The number of nitrogens with zero attached hydrogens (tertiary/aromatic N) is 3. The topological polar surface area (TPSA) is 59.4 Å². The third-order valence-electron chi connectivity index (χ3n) is 4.20. The molecule has 3 rings (SSSR count). The van der Waals surface area contributed by atoms with E-state index in [2.05, 4.69) is 21.4 Å². The summed E-state index contributed by atoms with van der Waals surface area (Å²) in [5.41, 5.74) is 3.16. The highest BCUT2D eigenvalue weighted by molar-refractivity contribution is 5.93. The lowest BCUT2D eigenvalue weighted by Crippen LogP contribution is -2.47. The van der Waals surface area contributed by atoms with Crippen LogP contribution < -0.4 is 5.32 Å². The van der Waals surface area contributed by atoms with E-state index in [0.717, 1.165) is 24.3 Å². The Bertz CT molecular complexity index is 684. The first kappa shape index (κ1) is 16.7. The molecule has 0 bridgehead atoms. The van der Waals surface area contributed by atoms with Gasteiger partial charge in [0.05, 0.1) is 25.8 Å². The summed E-state index contributed by atoms with van der Waals surface area (Å²) < 4.78 is 7.64. The van der Waals surface area contributed by atoms with E-state index in [1.165, 1.54) is 5.56 Å².